The molecule has 1 rings (SSSR count). The topological polar surface area (TPSA) is 72.8 Å². The molecule has 5 nitrogen and oxygen atoms in total. The maximum absolute atomic E-state index is 11.9. The molecule has 0 bridgehead atoms. The van der Waals surface area contributed by atoms with E-state index >= 15 is 0 Å². The molecule has 0 atom stereocenters. The van der Waals surface area contributed by atoms with Crippen molar-refractivity contribution in [1.82, 2.24) is 0 Å². The number of aliphatic hydroxyl groups excluding tert-OH is 1. The van der Waals surface area contributed by atoms with Gasteiger partial charge in [0.2, 0.25) is 5.76 Å². The highest BCUT2D eigenvalue weighted by Crippen LogP contribution is 2.16. The van der Waals surface area contributed by atoms with E-state index in [4.69, 9.17) is 4.74 Å². The van der Waals surface area contributed by atoms with Crippen molar-refractivity contribution in [2.45, 2.75) is 13.8 Å². The smallest absolute Gasteiger partial charge is 0.373 e. The molecule has 0 aliphatic rings. The Morgan fingerprint density at radius 2 is 1.57 bits per heavy atom. The molecule has 0 saturated carbocycles. The van der Waals surface area contributed by atoms with Crippen molar-refractivity contribution in [3.8, 4) is 0 Å². The van der Waals surface area contributed by atoms with E-state index in [0.717, 1.165) is 6.08 Å². The van der Waals surface area contributed by atoms with Crippen LogP contribution in [0, 0.1) is 0 Å². The number of allylic oxidation sites excluding steroid dienone is 2. The molecule has 1 N–H and O–H groups in total. The van der Waals surface area contributed by atoms with E-state index < -0.39 is 17.7 Å². The lowest BCUT2D eigenvalue weighted by Gasteiger charge is -2.06. The van der Waals surface area contributed by atoms with E-state index in [1.54, 1.807) is 38.1 Å². The molecule has 0 radical (unpaired) electrons. The zero-order chi connectivity index (χ0) is 15.7. The van der Waals surface area contributed by atoms with Gasteiger partial charge in [-0.3, -0.25) is 0 Å². The van der Waals surface area contributed by atoms with Crippen LogP contribution in [0.2, 0.25) is 0 Å². The number of esters is 2. The monoisotopic (exact) mass is 290 g/mol. The van der Waals surface area contributed by atoms with Gasteiger partial charge in [0.05, 0.1) is 18.8 Å². The number of carbonyl (C=O) groups excluding carboxylic acids is 2. The molecule has 0 spiro atoms. The van der Waals surface area contributed by atoms with Crippen molar-refractivity contribution in [1.29, 1.82) is 0 Å². The minimum atomic E-state index is -0.843. The van der Waals surface area contributed by atoms with E-state index in [9.17, 15) is 14.7 Å². The second-order valence-electron chi connectivity index (χ2n) is 3.94. The highest BCUT2D eigenvalue weighted by molar-refractivity contribution is 6.16. The van der Waals surface area contributed by atoms with Gasteiger partial charge >= 0.3 is 11.9 Å². The lowest BCUT2D eigenvalue weighted by molar-refractivity contribution is -0.141. The Hall–Kier alpha value is -2.56. The Labute approximate surface area is 123 Å². The summed E-state index contributed by atoms with van der Waals surface area (Å²) in [5, 5.41) is 9.55. The predicted octanol–water partition coefficient (Wildman–Crippen LogP) is 2.64. The standard InChI is InChI=1S/C16H18O5/c1-3-20-15(18)13(12-8-6-5-7-9-12)10-11-14(17)16(19)21-4-2/h5-11,17H,3-4H2,1-2H3. The van der Waals surface area contributed by atoms with Gasteiger partial charge < -0.3 is 14.6 Å². The van der Waals surface area contributed by atoms with Crippen molar-refractivity contribution in [2.24, 2.45) is 0 Å². The first-order valence-electron chi connectivity index (χ1n) is 6.60. The van der Waals surface area contributed by atoms with Crippen molar-refractivity contribution in [3.05, 3.63) is 53.8 Å². The fourth-order valence-electron chi connectivity index (χ4n) is 1.54. The molecule has 5 heteroatoms. The van der Waals surface area contributed by atoms with Crippen LogP contribution in [0.3, 0.4) is 0 Å². The third-order valence-electron chi connectivity index (χ3n) is 2.47. The lowest BCUT2D eigenvalue weighted by atomic mass is 10.1. The van der Waals surface area contributed by atoms with Crippen LogP contribution in [0.4, 0.5) is 0 Å². The summed E-state index contributed by atoms with van der Waals surface area (Å²) < 4.78 is 9.61. The zero-order valence-corrected chi connectivity index (χ0v) is 12.0. The Morgan fingerprint density at radius 1 is 1.00 bits per heavy atom. The highest BCUT2D eigenvalue weighted by Gasteiger charge is 2.13. The van der Waals surface area contributed by atoms with Gasteiger partial charge in [-0.05, 0) is 31.6 Å². The average Bonchev–Trinajstić information content (AvgIpc) is 2.49. The van der Waals surface area contributed by atoms with Crippen molar-refractivity contribution < 1.29 is 24.2 Å². The molecule has 0 aliphatic carbocycles. The summed E-state index contributed by atoms with van der Waals surface area (Å²) in [4.78, 5) is 23.2. The molecule has 1 aromatic rings. The van der Waals surface area contributed by atoms with Gasteiger partial charge in [-0.1, -0.05) is 30.3 Å². The summed E-state index contributed by atoms with van der Waals surface area (Å²) in [5.74, 6) is -1.95. The Morgan fingerprint density at radius 3 is 2.14 bits per heavy atom. The molecule has 0 fully saturated rings. The first-order valence-corrected chi connectivity index (χ1v) is 6.60. The SMILES string of the molecule is CCOC(=O)C(O)=CC=C(C(=O)OCC)c1ccccc1. The van der Waals surface area contributed by atoms with Crippen molar-refractivity contribution in [2.75, 3.05) is 13.2 Å². The van der Waals surface area contributed by atoms with Gasteiger partial charge in [0.1, 0.15) is 0 Å². The van der Waals surface area contributed by atoms with Gasteiger partial charge in [0, 0.05) is 0 Å². The maximum atomic E-state index is 11.9. The molecule has 0 saturated heterocycles. The van der Waals surface area contributed by atoms with Gasteiger partial charge in [-0.15, -0.1) is 0 Å². The van der Waals surface area contributed by atoms with Crippen LogP contribution < -0.4 is 0 Å². The summed E-state index contributed by atoms with van der Waals surface area (Å²) in [6, 6.07) is 8.84. The zero-order valence-electron chi connectivity index (χ0n) is 12.0. The van der Waals surface area contributed by atoms with Crippen LogP contribution in [0.1, 0.15) is 19.4 Å². The minimum absolute atomic E-state index is 0.157. The molecule has 0 unspecified atom stereocenters. The Bertz CT molecular complexity index is 543. The molecule has 112 valence electrons. The number of benzene rings is 1. The fourth-order valence-corrected chi connectivity index (χ4v) is 1.54. The van der Waals surface area contributed by atoms with Crippen LogP contribution >= 0.6 is 0 Å². The summed E-state index contributed by atoms with van der Waals surface area (Å²) in [7, 11) is 0. The summed E-state index contributed by atoms with van der Waals surface area (Å²) in [6.45, 7) is 3.72. The van der Waals surface area contributed by atoms with Gasteiger partial charge in [0.25, 0.3) is 0 Å². The fraction of sp³-hybridized carbons (Fsp3) is 0.250. The summed E-state index contributed by atoms with van der Waals surface area (Å²) in [6.07, 6.45) is 2.46. The van der Waals surface area contributed by atoms with E-state index in [2.05, 4.69) is 4.74 Å². The molecule has 0 aliphatic heterocycles. The summed E-state index contributed by atoms with van der Waals surface area (Å²) in [5.41, 5.74) is 0.872. The first-order chi connectivity index (χ1) is 10.1. The Kier molecular flexibility index (Phi) is 6.74. The predicted molar refractivity (Wildman–Crippen MR) is 78.4 cm³/mol. The van der Waals surface area contributed by atoms with Crippen LogP contribution in [-0.4, -0.2) is 30.3 Å². The maximum Gasteiger partial charge on any atom is 0.373 e. The molecule has 0 aromatic heterocycles. The number of ether oxygens (including phenoxy) is 2. The van der Waals surface area contributed by atoms with Crippen molar-refractivity contribution in [3.63, 3.8) is 0 Å². The van der Waals surface area contributed by atoms with E-state index in [1.165, 1.54) is 6.08 Å². The van der Waals surface area contributed by atoms with Crippen LogP contribution in [-0.2, 0) is 19.1 Å². The third-order valence-corrected chi connectivity index (χ3v) is 2.47. The van der Waals surface area contributed by atoms with Crippen LogP contribution in [0.25, 0.3) is 5.57 Å². The molecule has 0 amide bonds. The molecular weight excluding hydrogens is 272 g/mol. The van der Waals surface area contributed by atoms with E-state index in [0.29, 0.717) is 5.56 Å². The quantitative estimate of drug-likeness (QED) is 0.377. The number of hydrogen-bond donors (Lipinski definition) is 1. The Balaban J connectivity index is 3.07. The second kappa shape index (κ2) is 8.58. The lowest BCUT2D eigenvalue weighted by Crippen LogP contribution is -2.08. The van der Waals surface area contributed by atoms with Gasteiger partial charge in [-0.25, -0.2) is 9.59 Å². The van der Waals surface area contributed by atoms with Crippen LogP contribution in [0.5, 0.6) is 0 Å². The second-order valence-corrected chi connectivity index (χ2v) is 3.94. The highest BCUT2D eigenvalue weighted by atomic mass is 16.5. The average molecular weight is 290 g/mol. The number of carbonyl (C=O) groups is 2. The summed E-state index contributed by atoms with van der Waals surface area (Å²) >= 11 is 0. The number of hydrogen-bond acceptors (Lipinski definition) is 5. The largest absolute Gasteiger partial charge is 0.502 e. The number of rotatable bonds is 6. The number of aliphatic hydroxyl groups is 1. The molecule has 21 heavy (non-hydrogen) atoms. The van der Waals surface area contributed by atoms with Crippen LogP contribution in [0.15, 0.2) is 48.2 Å². The third kappa shape index (κ3) is 5.14. The van der Waals surface area contributed by atoms with E-state index in [1.807, 2.05) is 6.07 Å². The van der Waals surface area contributed by atoms with Gasteiger partial charge in [0.15, 0.2) is 0 Å². The normalized spacial score (nSPS) is 11.9. The van der Waals surface area contributed by atoms with Gasteiger partial charge in [-0.2, -0.15) is 0 Å². The van der Waals surface area contributed by atoms with Crippen molar-refractivity contribution >= 4 is 17.5 Å². The molecular formula is C16H18O5. The molecule has 1 aromatic carbocycles. The minimum Gasteiger partial charge on any atom is -0.502 e. The molecule has 0 heterocycles. The van der Waals surface area contributed by atoms with E-state index in [-0.39, 0.29) is 18.8 Å². The first kappa shape index (κ1) is 16.5.